The highest BCUT2D eigenvalue weighted by Crippen LogP contribution is 2.51. The molecule has 3 N–H and O–H groups in total. The van der Waals surface area contributed by atoms with Crippen LogP contribution >= 0.6 is 0 Å². The van der Waals surface area contributed by atoms with Gasteiger partial charge in [-0.2, -0.15) is 0 Å². The summed E-state index contributed by atoms with van der Waals surface area (Å²) in [5.41, 5.74) is 5.50. The molecule has 0 aromatic rings. The fourth-order valence-corrected chi connectivity index (χ4v) is 4.29. The maximum atomic E-state index is 11.1. The van der Waals surface area contributed by atoms with Gasteiger partial charge in [-0.1, -0.05) is 19.8 Å². The predicted molar refractivity (Wildman–Crippen MR) is 73.3 cm³/mol. The zero-order valence-electron chi connectivity index (χ0n) is 12.0. The Balaban J connectivity index is 2.11. The number of hydrogen-bond donors (Lipinski definition) is 2. The third-order valence-corrected chi connectivity index (χ3v) is 5.56. The van der Waals surface area contributed by atoms with Gasteiger partial charge in [0.2, 0.25) is 0 Å². The Bertz CT molecular complexity index is 274. The number of aliphatic hydroxyl groups is 1. The topological polar surface area (TPSA) is 55.5 Å². The van der Waals surface area contributed by atoms with Gasteiger partial charge in [-0.15, -0.1) is 0 Å². The van der Waals surface area contributed by atoms with Crippen molar-refractivity contribution >= 4 is 0 Å². The van der Waals surface area contributed by atoms with E-state index in [-0.39, 0.29) is 5.41 Å². The number of rotatable bonds is 3. The van der Waals surface area contributed by atoms with Gasteiger partial charge in [-0.25, -0.2) is 0 Å². The molecule has 0 aromatic carbocycles. The third-order valence-electron chi connectivity index (χ3n) is 5.56. The Kier molecular flexibility index (Phi) is 4.35. The molecule has 2 rings (SSSR count). The second-order valence-electron chi connectivity index (χ2n) is 6.65. The highest BCUT2D eigenvalue weighted by atomic mass is 16.5. The molecule has 3 heteroatoms. The normalized spacial score (nSPS) is 46.0. The molecule has 18 heavy (non-hydrogen) atoms. The van der Waals surface area contributed by atoms with Crippen molar-refractivity contribution in [3.8, 4) is 0 Å². The minimum absolute atomic E-state index is 0.0383. The van der Waals surface area contributed by atoms with E-state index in [1.165, 1.54) is 12.8 Å². The molecule has 2 aliphatic carbocycles. The number of nitrogens with two attached hydrogens (primary N) is 1. The van der Waals surface area contributed by atoms with Crippen LogP contribution in [0.1, 0.15) is 58.3 Å². The first-order chi connectivity index (χ1) is 8.55. The maximum Gasteiger partial charge on any atom is 0.0717 e. The van der Waals surface area contributed by atoms with Crippen LogP contribution in [0.15, 0.2) is 0 Å². The molecule has 0 radical (unpaired) electrons. The van der Waals surface area contributed by atoms with Gasteiger partial charge >= 0.3 is 0 Å². The van der Waals surface area contributed by atoms with Crippen molar-refractivity contribution in [2.45, 2.75) is 70.0 Å². The average molecular weight is 255 g/mol. The largest absolute Gasteiger partial charge is 0.389 e. The molecule has 106 valence electrons. The van der Waals surface area contributed by atoms with Crippen LogP contribution in [0.5, 0.6) is 0 Å². The van der Waals surface area contributed by atoms with Crippen molar-refractivity contribution in [1.29, 1.82) is 0 Å². The Morgan fingerprint density at radius 1 is 1.22 bits per heavy atom. The smallest absolute Gasteiger partial charge is 0.0717 e. The predicted octanol–water partition coefficient (Wildman–Crippen LogP) is 2.46. The molecule has 2 atom stereocenters. The molecule has 2 unspecified atom stereocenters. The minimum atomic E-state index is -0.550. The van der Waals surface area contributed by atoms with Gasteiger partial charge in [-0.3, -0.25) is 0 Å². The molecule has 2 saturated carbocycles. The average Bonchev–Trinajstić information content (AvgIpc) is 2.39. The standard InChI is InChI=1S/C15H29NO2/c1-12-4-3-7-14(10-12,11-16)15(17)8-5-13(18-2)6-9-15/h12-13,17H,3-11,16H2,1-2H3. The summed E-state index contributed by atoms with van der Waals surface area (Å²) in [7, 11) is 1.77. The molecule has 3 nitrogen and oxygen atoms in total. The van der Waals surface area contributed by atoms with Gasteiger partial charge in [0.1, 0.15) is 0 Å². The lowest BCUT2D eigenvalue weighted by atomic mass is 9.57. The minimum Gasteiger partial charge on any atom is -0.389 e. The van der Waals surface area contributed by atoms with E-state index in [1.807, 2.05) is 0 Å². The van der Waals surface area contributed by atoms with Crippen LogP contribution in [0.3, 0.4) is 0 Å². The third kappa shape index (κ3) is 2.45. The SMILES string of the molecule is COC1CCC(O)(C2(CN)CCCC(C)C2)CC1. The summed E-state index contributed by atoms with van der Waals surface area (Å²) in [5, 5.41) is 11.1. The summed E-state index contributed by atoms with van der Waals surface area (Å²) in [6.45, 7) is 2.93. The van der Waals surface area contributed by atoms with Gasteiger partial charge in [-0.05, 0) is 44.4 Å². The number of ether oxygens (including phenoxy) is 1. The summed E-state index contributed by atoms with van der Waals surface area (Å²) in [4.78, 5) is 0. The first-order valence-corrected chi connectivity index (χ1v) is 7.50. The second kappa shape index (κ2) is 5.48. The van der Waals surface area contributed by atoms with Crippen LogP contribution in [0.4, 0.5) is 0 Å². The van der Waals surface area contributed by atoms with Crippen molar-refractivity contribution < 1.29 is 9.84 Å². The van der Waals surface area contributed by atoms with Gasteiger partial charge < -0.3 is 15.6 Å². The summed E-state index contributed by atoms with van der Waals surface area (Å²) < 4.78 is 5.42. The Labute approximate surface area is 111 Å². The van der Waals surface area contributed by atoms with Crippen LogP contribution in [0, 0.1) is 11.3 Å². The first-order valence-electron chi connectivity index (χ1n) is 7.50. The van der Waals surface area contributed by atoms with E-state index in [1.54, 1.807) is 7.11 Å². The summed E-state index contributed by atoms with van der Waals surface area (Å²) in [6.07, 6.45) is 8.70. The van der Waals surface area contributed by atoms with Crippen molar-refractivity contribution in [3.63, 3.8) is 0 Å². The first kappa shape index (κ1) is 14.3. The van der Waals surface area contributed by atoms with Crippen molar-refractivity contribution in [3.05, 3.63) is 0 Å². The number of methoxy groups -OCH3 is 1. The van der Waals surface area contributed by atoms with Crippen LogP contribution in [-0.2, 0) is 4.74 Å². The van der Waals surface area contributed by atoms with Crippen molar-refractivity contribution in [2.75, 3.05) is 13.7 Å². The summed E-state index contributed by atoms with van der Waals surface area (Å²) in [6, 6.07) is 0. The van der Waals surface area contributed by atoms with Crippen LogP contribution in [0.2, 0.25) is 0 Å². The molecule has 2 aliphatic rings. The molecule has 0 heterocycles. The number of hydrogen-bond acceptors (Lipinski definition) is 3. The molecule has 0 aromatic heterocycles. The molecule has 0 amide bonds. The molecular formula is C15H29NO2. The van der Waals surface area contributed by atoms with Crippen LogP contribution in [0.25, 0.3) is 0 Å². The fourth-order valence-electron chi connectivity index (χ4n) is 4.29. The molecule has 0 bridgehead atoms. The Hall–Kier alpha value is -0.120. The Morgan fingerprint density at radius 2 is 1.89 bits per heavy atom. The molecule has 0 spiro atoms. The van der Waals surface area contributed by atoms with Crippen LogP contribution in [-0.4, -0.2) is 30.5 Å². The molecule has 0 aliphatic heterocycles. The van der Waals surface area contributed by atoms with Gasteiger partial charge in [0, 0.05) is 19.1 Å². The van der Waals surface area contributed by atoms with E-state index in [4.69, 9.17) is 10.5 Å². The maximum absolute atomic E-state index is 11.1. The lowest BCUT2D eigenvalue weighted by molar-refractivity contribution is -0.144. The van der Waals surface area contributed by atoms with Gasteiger partial charge in [0.25, 0.3) is 0 Å². The van der Waals surface area contributed by atoms with Gasteiger partial charge in [0.15, 0.2) is 0 Å². The van der Waals surface area contributed by atoms with E-state index < -0.39 is 5.60 Å². The molecule has 2 fully saturated rings. The summed E-state index contributed by atoms with van der Waals surface area (Å²) >= 11 is 0. The highest BCUT2D eigenvalue weighted by Gasteiger charge is 2.51. The van der Waals surface area contributed by atoms with E-state index in [0.717, 1.165) is 38.5 Å². The zero-order valence-corrected chi connectivity index (χ0v) is 12.0. The lowest BCUT2D eigenvalue weighted by Gasteiger charge is -2.53. The highest BCUT2D eigenvalue weighted by molar-refractivity contribution is 5.04. The summed E-state index contributed by atoms with van der Waals surface area (Å²) in [5.74, 6) is 0.700. The van der Waals surface area contributed by atoms with E-state index in [2.05, 4.69) is 6.92 Å². The fraction of sp³-hybridized carbons (Fsp3) is 1.00. The Morgan fingerprint density at radius 3 is 2.39 bits per heavy atom. The zero-order chi connectivity index (χ0) is 13.2. The van der Waals surface area contributed by atoms with Gasteiger partial charge in [0.05, 0.1) is 11.7 Å². The van der Waals surface area contributed by atoms with Crippen molar-refractivity contribution in [2.24, 2.45) is 17.1 Å². The van der Waals surface area contributed by atoms with E-state index >= 15 is 0 Å². The molecular weight excluding hydrogens is 226 g/mol. The molecule has 0 saturated heterocycles. The monoisotopic (exact) mass is 255 g/mol. The van der Waals surface area contributed by atoms with E-state index in [9.17, 15) is 5.11 Å². The quantitative estimate of drug-likeness (QED) is 0.814. The second-order valence-corrected chi connectivity index (χ2v) is 6.65. The lowest BCUT2D eigenvalue weighted by Crippen LogP contribution is -2.56. The van der Waals surface area contributed by atoms with Crippen LogP contribution < -0.4 is 5.73 Å². The van der Waals surface area contributed by atoms with Crippen molar-refractivity contribution in [1.82, 2.24) is 0 Å². The van der Waals surface area contributed by atoms with E-state index in [0.29, 0.717) is 18.6 Å².